The fraction of sp³-hybridized carbons (Fsp3) is 0.519. The molecule has 1 aliphatic heterocycles. The van der Waals surface area contributed by atoms with E-state index in [-0.39, 0.29) is 18.6 Å². The molecule has 1 fully saturated rings. The lowest BCUT2D eigenvalue weighted by atomic mass is 9.87. The second-order valence-electron chi connectivity index (χ2n) is 9.48. The van der Waals surface area contributed by atoms with Gasteiger partial charge in [-0.3, -0.25) is 0 Å². The molecule has 1 heterocycles. The number of β-amino-alcohol motifs (C(OH)–C–C–N with tert-alkyl or cyclic N) is 1. The normalized spacial score (nSPS) is 18.4. The maximum atomic E-state index is 12.3. The zero-order valence-electron chi connectivity index (χ0n) is 20.7. The summed E-state index contributed by atoms with van der Waals surface area (Å²) < 4.78 is 22.3. The number of carbonyl (C=O) groups excluding carboxylic acids is 1. The van der Waals surface area contributed by atoms with Gasteiger partial charge in [0.1, 0.15) is 23.7 Å². The molecule has 1 N–H and O–H groups in total. The number of nitrogens with zero attached hydrogens (tertiary/aromatic N) is 1. The number of hydrogen-bond donors (Lipinski definition) is 1. The molecule has 2 aromatic rings. The lowest BCUT2D eigenvalue weighted by molar-refractivity contribution is -0.00152. The van der Waals surface area contributed by atoms with Gasteiger partial charge in [0.2, 0.25) is 0 Å². The van der Waals surface area contributed by atoms with Crippen LogP contribution in [0.2, 0.25) is 0 Å². The molecule has 0 radical (unpaired) electrons. The van der Waals surface area contributed by atoms with E-state index < -0.39 is 11.7 Å². The number of aliphatic hydroxyl groups excluding tert-OH is 1. The highest BCUT2D eigenvalue weighted by atomic mass is 16.6. The molecule has 34 heavy (non-hydrogen) atoms. The number of piperidine rings is 1. The van der Waals surface area contributed by atoms with Crippen LogP contribution in [-0.2, 0) is 15.9 Å². The minimum Gasteiger partial charge on any atom is -0.496 e. The van der Waals surface area contributed by atoms with Gasteiger partial charge in [-0.15, -0.1) is 0 Å². The first kappa shape index (κ1) is 25.8. The monoisotopic (exact) mass is 471 g/mol. The predicted molar refractivity (Wildman–Crippen MR) is 131 cm³/mol. The third kappa shape index (κ3) is 7.64. The number of aliphatic hydroxyl groups is 1. The molecule has 1 saturated heterocycles. The molecule has 2 atom stereocenters. The Morgan fingerprint density at radius 1 is 1.06 bits per heavy atom. The topological polar surface area (TPSA) is 77.5 Å². The van der Waals surface area contributed by atoms with Crippen LogP contribution >= 0.6 is 0 Å². The SMILES string of the molecule is COc1ccccc1CCOCCOc1ccc(C2CCN(C(=O)OC(C)(C)C)CC2O)cc1. The Kier molecular flexibility index (Phi) is 9.19. The highest BCUT2D eigenvalue weighted by Gasteiger charge is 2.33. The molecule has 3 rings (SSSR count). The third-order valence-corrected chi connectivity index (χ3v) is 5.75. The Morgan fingerprint density at radius 3 is 2.47 bits per heavy atom. The summed E-state index contributed by atoms with van der Waals surface area (Å²) in [7, 11) is 1.67. The number of benzene rings is 2. The number of ether oxygens (including phenoxy) is 4. The van der Waals surface area contributed by atoms with Gasteiger partial charge < -0.3 is 29.0 Å². The van der Waals surface area contributed by atoms with Gasteiger partial charge in [-0.25, -0.2) is 4.79 Å². The third-order valence-electron chi connectivity index (χ3n) is 5.75. The zero-order valence-corrected chi connectivity index (χ0v) is 20.7. The van der Waals surface area contributed by atoms with Crippen molar-refractivity contribution in [2.45, 2.75) is 51.2 Å². The first-order valence-electron chi connectivity index (χ1n) is 11.8. The van der Waals surface area contributed by atoms with Crippen LogP contribution in [0.3, 0.4) is 0 Å². The summed E-state index contributed by atoms with van der Waals surface area (Å²) in [5.74, 6) is 1.62. The van der Waals surface area contributed by atoms with E-state index in [9.17, 15) is 9.90 Å². The summed E-state index contributed by atoms with van der Waals surface area (Å²) in [6.07, 6.45) is 0.456. The zero-order chi connectivity index (χ0) is 24.6. The van der Waals surface area contributed by atoms with Crippen LogP contribution in [0.5, 0.6) is 11.5 Å². The van der Waals surface area contributed by atoms with E-state index in [1.54, 1.807) is 12.0 Å². The van der Waals surface area contributed by atoms with Crippen molar-refractivity contribution in [1.82, 2.24) is 4.90 Å². The quantitative estimate of drug-likeness (QED) is 0.546. The minimum absolute atomic E-state index is 0.0222. The van der Waals surface area contributed by atoms with Crippen LogP contribution in [0.25, 0.3) is 0 Å². The maximum Gasteiger partial charge on any atom is 0.410 e. The van der Waals surface area contributed by atoms with Gasteiger partial charge in [0.05, 0.1) is 33.0 Å². The number of para-hydroxylation sites is 1. The van der Waals surface area contributed by atoms with E-state index in [2.05, 4.69) is 0 Å². The fourth-order valence-corrected chi connectivity index (χ4v) is 4.04. The molecule has 7 heteroatoms. The van der Waals surface area contributed by atoms with Crippen LogP contribution in [0.4, 0.5) is 4.79 Å². The van der Waals surface area contributed by atoms with Crippen molar-refractivity contribution in [2.24, 2.45) is 0 Å². The number of likely N-dealkylation sites (tertiary alicyclic amines) is 1. The molecule has 186 valence electrons. The molecule has 1 aliphatic rings. The molecule has 2 aromatic carbocycles. The number of rotatable bonds is 9. The van der Waals surface area contributed by atoms with E-state index >= 15 is 0 Å². The van der Waals surface area contributed by atoms with Gasteiger partial charge in [0.15, 0.2) is 0 Å². The van der Waals surface area contributed by atoms with E-state index in [0.29, 0.717) is 32.8 Å². The van der Waals surface area contributed by atoms with Gasteiger partial charge in [-0.2, -0.15) is 0 Å². The molecule has 0 aromatic heterocycles. The Bertz CT molecular complexity index is 908. The molecule has 0 spiro atoms. The van der Waals surface area contributed by atoms with Crippen LogP contribution in [0.15, 0.2) is 48.5 Å². The summed E-state index contributed by atoms with van der Waals surface area (Å²) in [5.41, 5.74) is 1.62. The lowest BCUT2D eigenvalue weighted by Crippen LogP contribution is -2.47. The lowest BCUT2D eigenvalue weighted by Gasteiger charge is -2.36. The van der Waals surface area contributed by atoms with E-state index in [1.165, 1.54) is 0 Å². The summed E-state index contributed by atoms with van der Waals surface area (Å²) in [5, 5.41) is 10.6. The molecule has 7 nitrogen and oxygen atoms in total. The molecule has 2 unspecified atom stereocenters. The van der Waals surface area contributed by atoms with Crippen LogP contribution in [-0.4, -0.2) is 67.8 Å². The maximum absolute atomic E-state index is 12.3. The molecule has 1 amide bonds. The van der Waals surface area contributed by atoms with Crippen molar-refractivity contribution in [3.63, 3.8) is 0 Å². The Morgan fingerprint density at radius 2 is 1.79 bits per heavy atom. The van der Waals surface area contributed by atoms with E-state index in [0.717, 1.165) is 29.0 Å². The van der Waals surface area contributed by atoms with Crippen LogP contribution in [0.1, 0.15) is 44.2 Å². The van der Waals surface area contributed by atoms with Gasteiger partial charge in [0.25, 0.3) is 0 Å². The second kappa shape index (κ2) is 12.1. The van der Waals surface area contributed by atoms with Crippen molar-refractivity contribution in [3.05, 3.63) is 59.7 Å². The van der Waals surface area contributed by atoms with Gasteiger partial charge in [0, 0.05) is 12.5 Å². The first-order valence-corrected chi connectivity index (χ1v) is 11.8. The van der Waals surface area contributed by atoms with E-state index in [4.69, 9.17) is 18.9 Å². The largest absolute Gasteiger partial charge is 0.496 e. The summed E-state index contributed by atoms with van der Waals surface area (Å²) in [4.78, 5) is 13.9. The average Bonchev–Trinajstić information content (AvgIpc) is 2.81. The number of carbonyl (C=O) groups is 1. The average molecular weight is 472 g/mol. The van der Waals surface area contributed by atoms with Crippen LogP contribution < -0.4 is 9.47 Å². The molecular weight excluding hydrogens is 434 g/mol. The standard InChI is InChI=1S/C27H37NO6/c1-27(2,3)34-26(30)28-15-13-23(24(29)19-28)20-9-11-22(12-10-20)33-18-17-32-16-14-21-7-5-6-8-25(21)31-4/h5-12,23-24,29H,13-19H2,1-4H3. The smallest absolute Gasteiger partial charge is 0.410 e. The number of amides is 1. The predicted octanol–water partition coefficient (Wildman–Crippen LogP) is 4.42. The highest BCUT2D eigenvalue weighted by Crippen LogP contribution is 2.30. The summed E-state index contributed by atoms with van der Waals surface area (Å²) in [6, 6.07) is 15.7. The Labute approximate surface area is 202 Å². The number of methoxy groups -OCH3 is 1. The van der Waals surface area contributed by atoms with Crippen molar-refractivity contribution < 1.29 is 28.8 Å². The highest BCUT2D eigenvalue weighted by molar-refractivity contribution is 5.68. The summed E-state index contributed by atoms with van der Waals surface area (Å²) >= 11 is 0. The van der Waals surface area contributed by atoms with Gasteiger partial charge in [-0.05, 0) is 62.9 Å². The van der Waals surface area contributed by atoms with E-state index in [1.807, 2.05) is 69.3 Å². The molecule has 0 aliphatic carbocycles. The second-order valence-corrected chi connectivity index (χ2v) is 9.48. The van der Waals surface area contributed by atoms with Crippen molar-refractivity contribution >= 4 is 6.09 Å². The van der Waals surface area contributed by atoms with Crippen molar-refractivity contribution in [2.75, 3.05) is 40.0 Å². The summed E-state index contributed by atoms with van der Waals surface area (Å²) in [6.45, 7) is 7.90. The van der Waals surface area contributed by atoms with Crippen molar-refractivity contribution in [3.8, 4) is 11.5 Å². The minimum atomic E-state index is -0.635. The fourth-order valence-electron chi connectivity index (χ4n) is 4.04. The molecular formula is C27H37NO6. The van der Waals surface area contributed by atoms with Crippen molar-refractivity contribution in [1.29, 1.82) is 0 Å². The van der Waals surface area contributed by atoms with Gasteiger partial charge >= 0.3 is 6.09 Å². The Balaban J connectivity index is 1.38. The van der Waals surface area contributed by atoms with Gasteiger partial charge in [-0.1, -0.05) is 30.3 Å². The van der Waals surface area contributed by atoms with Crippen LogP contribution in [0, 0.1) is 0 Å². The molecule has 0 saturated carbocycles. The first-order chi connectivity index (χ1) is 16.3. The Hall–Kier alpha value is -2.77. The molecule has 0 bridgehead atoms. The number of hydrogen-bond acceptors (Lipinski definition) is 6.